The first-order valence-corrected chi connectivity index (χ1v) is 6.45. The molecule has 1 aliphatic carbocycles. The molecule has 1 rings (SSSR count). The van der Waals surface area contributed by atoms with E-state index in [2.05, 4.69) is 6.92 Å². The first-order valence-electron chi connectivity index (χ1n) is 6.45. The van der Waals surface area contributed by atoms with Gasteiger partial charge in [0.25, 0.3) is 0 Å². The molecule has 4 nitrogen and oxygen atoms in total. The smallest absolute Gasteiger partial charge is 0.323 e. The predicted molar refractivity (Wildman–Crippen MR) is 63.3 cm³/mol. The zero-order valence-electron chi connectivity index (χ0n) is 11.0. The lowest BCUT2D eigenvalue weighted by molar-refractivity contribution is -0.171. The molecule has 0 aliphatic heterocycles. The number of ether oxygens (including phenoxy) is 2. The zero-order chi connectivity index (χ0) is 12.9. The number of rotatable bonds is 5. The molecule has 0 N–H and O–H groups in total. The van der Waals surface area contributed by atoms with Crippen LogP contribution in [0.5, 0.6) is 0 Å². The van der Waals surface area contributed by atoms with Crippen LogP contribution in [0.25, 0.3) is 0 Å². The van der Waals surface area contributed by atoms with Gasteiger partial charge >= 0.3 is 11.9 Å². The fraction of sp³-hybridized carbons (Fsp3) is 0.846. The van der Waals surface area contributed by atoms with Crippen molar-refractivity contribution in [1.82, 2.24) is 0 Å². The summed E-state index contributed by atoms with van der Waals surface area (Å²) in [6.07, 6.45) is 3.01. The molecule has 1 fully saturated rings. The molecule has 0 aromatic carbocycles. The maximum Gasteiger partial charge on any atom is 0.323 e. The van der Waals surface area contributed by atoms with Gasteiger partial charge in [-0.05, 0) is 39.0 Å². The molecule has 1 unspecified atom stereocenters. The third-order valence-corrected chi connectivity index (χ3v) is 3.53. The van der Waals surface area contributed by atoms with Crippen LogP contribution in [0.1, 0.15) is 46.5 Å². The standard InChI is InChI=1S/C13H22O4/c1-4-10-7-8-13(9-10,11(14)16-5-2)12(15)17-6-3/h10H,4-9H2,1-3H3. The fourth-order valence-electron chi connectivity index (χ4n) is 2.49. The molecule has 0 aromatic rings. The Kier molecular flexibility index (Phi) is 4.97. The Bertz CT molecular complexity index is 267. The first-order chi connectivity index (χ1) is 8.10. The maximum absolute atomic E-state index is 12.0. The van der Waals surface area contributed by atoms with Crippen molar-refractivity contribution in [3.8, 4) is 0 Å². The maximum atomic E-state index is 12.0. The molecule has 0 spiro atoms. The summed E-state index contributed by atoms with van der Waals surface area (Å²) in [5.41, 5.74) is -1.04. The van der Waals surface area contributed by atoms with E-state index in [4.69, 9.17) is 9.47 Å². The van der Waals surface area contributed by atoms with E-state index in [1.54, 1.807) is 13.8 Å². The molecule has 0 aromatic heterocycles. The summed E-state index contributed by atoms with van der Waals surface area (Å²) in [4.78, 5) is 24.0. The van der Waals surface area contributed by atoms with Crippen LogP contribution in [0.3, 0.4) is 0 Å². The number of carbonyl (C=O) groups is 2. The van der Waals surface area contributed by atoms with Crippen molar-refractivity contribution >= 4 is 11.9 Å². The fourth-order valence-corrected chi connectivity index (χ4v) is 2.49. The van der Waals surface area contributed by atoms with Crippen LogP contribution in [0, 0.1) is 11.3 Å². The highest BCUT2D eigenvalue weighted by atomic mass is 16.6. The lowest BCUT2D eigenvalue weighted by Gasteiger charge is -2.24. The van der Waals surface area contributed by atoms with E-state index in [9.17, 15) is 9.59 Å². The van der Waals surface area contributed by atoms with Crippen molar-refractivity contribution in [1.29, 1.82) is 0 Å². The third-order valence-electron chi connectivity index (χ3n) is 3.53. The molecular weight excluding hydrogens is 220 g/mol. The van der Waals surface area contributed by atoms with Gasteiger partial charge in [0, 0.05) is 0 Å². The van der Waals surface area contributed by atoms with E-state index in [0.29, 0.717) is 32.0 Å². The zero-order valence-corrected chi connectivity index (χ0v) is 11.0. The second-order valence-corrected chi connectivity index (χ2v) is 4.54. The second-order valence-electron chi connectivity index (χ2n) is 4.54. The van der Waals surface area contributed by atoms with E-state index < -0.39 is 17.4 Å². The monoisotopic (exact) mass is 242 g/mol. The lowest BCUT2D eigenvalue weighted by Crippen LogP contribution is -2.40. The van der Waals surface area contributed by atoms with Gasteiger partial charge in [-0.2, -0.15) is 0 Å². The second kappa shape index (κ2) is 6.03. The molecule has 0 amide bonds. The molecule has 0 saturated heterocycles. The Hall–Kier alpha value is -1.06. The van der Waals surface area contributed by atoms with Gasteiger partial charge < -0.3 is 9.47 Å². The van der Waals surface area contributed by atoms with Crippen molar-refractivity contribution in [3.63, 3.8) is 0 Å². The Morgan fingerprint density at radius 3 is 2.00 bits per heavy atom. The van der Waals surface area contributed by atoms with Crippen LogP contribution in [0.4, 0.5) is 0 Å². The predicted octanol–water partition coefficient (Wildman–Crippen LogP) is 2.31. The Morgan fingerprint density at radius 1 is 1.12 bits per heavy atom. The summed E-state index contributed by atoms with van der Waals surface area (Å²) < 4.78 is 10.1. The molecule has 1 atom stereocenters. The average Bonchev–Trinajstić information content (AvgIpc) is 2.75. The number of hydrogen-bond acceptors (Lipinski definition) is 4. The van der Waals surface area contributed by atoms with Gasteiger partial charge in [0.05, 0.1) is 13.2 Å². The van der Waals surface area contributed by atoms with Gasteiger partial charge in [-0.3, -0.25) is 9.59 Å². The highest BCUT2D eigenvalue weighted by Crippen LogP contribution is 2.45. The van der Waals surface area contributed by atoms with Crippen molar-refractivity contribution in [3.05, 3.63) is 0 Å². The summed E-state index contributed by atoms with van der Waals surface area (Å²) in [5, 5.41) is 0. The molecular formula is C13H22O4. The lowest BCUT2D eigenvalue weighted by atomic mass is 9.85. The van der Waals surface area contributed by atoms with E-state index in [0.717, 1.165) is 12.8 Å². The summed E-state index contributed by atoms with van der Waals surface area (Å²) in [5.74, 6) is -0.396. The van der Waals surface area contributed by atoms with Crippen molar-refractivity contribution < 1.29 is 19.1 Å². The number of esters is 2. The number of carbonyl (C=O) groups excluding carboxylic acids is 2. The van der Waals surface area contributed by atoms with Gasteiger partial charge in [0.2, 0.25) is 0 Å². The topological polar surface area (TPSA) is 52.6 Å². The largest absolute Gasteiger partial charge is 0.465 e. The quantitative estimate of drug-likeness (QED) is 0.548. The Morgan fingerprint density at radius 2 is 1.65 bits per heavy atom. The molecule has 1 aliphatic rings. The van der Waals surface area contributed by atoms with E-state index in [1.165, 1.54) is 0 Å². The highest BCUT2D eigenvalue weighted by molar-refractivity contribution is 6.00. The third kappa shape index (κ3) is 2.79. The van der Waals surface area contributed by atoms with Crippen LogP contribution in [-0.2, 0) is 19.1 Å². The van der Waals surface area contributed by atoms with Crippen molar-refractivity contribution in [2.45, 2.75) is 46.5 Å². The Balaban J connectivity index is 2.86. The van der Waals surface area contributed by atoms with Gasteiger partial charge in [0.15, 0.2) is 5.41 Å². The van der Waals surface area contributed by atoms with Gasteiger partial charge in [-0.25, -0.2) is 0 Å². The summed E-state index contributed by atoms with van der Waals surface area (Å²) in [6, 6.07) is 0. The van der Waals surface area contributed by atoms with Crippen LogP contribution in [0.2, 0.25) is 0 Å². The molecule has 17 heavy (non-hydrogen) atoms. The van der Waals surface area contributed by atoms with E-state index >= 15 is 0 Å². The molecule has 1 saturated carbocycles. The number of hydrogen-bond donors (Lipinski definition) is 0. The minimum Gasteiger partial charge on any atom is -0.465 e. The van der Waals surface area contributed by atoms with E-state index in [1.807, 2.05) is 0 Å². The molecule has 98 valence electrons. The normalized spacial score (nSPS) is 22.2. The first kappa shape index (κ1) is 14.0. The van der Waals surface area contributed by atoms with Crippen molar-refractivity contribution in [2.24, 2.45) is 11.3 Å². The van der Waals surface area contributed by atoms with Crippen molar-refractivity contribution in [2.75, 3.05) is 13.2 Å². The van der Waals surface area contributed by atoms with E-state index in [-0.39, 0.29) is 0 Å². The van der Waals surface area contributed by atoms with Crippen LogP contribution in [0.15, 0.2) is 0 Å². The summed E-state index contributed by atoms with van der Waals surface area (Å²) in [7, 11) is 0. The molecule has 0 radical (unpaired) electrons. The highest BCUT2D eigenvalue weighted by Gasteiger charge is 2.53. The van der Waals surface area contributed by atoms with Gasteiger partial charge in [-0.15, -0.1) is 0 Å². The van der Waals surface area contributed by atoms with Gasteiger partial charge in [-0.1, -0.05) is 13.3 Å². The molecule has 4 heteroatoms. The average molecular weight is 242 g/mol. The summed E-state index contributed by atoms with van der Waals surface area (Å²) in [6.45, 7) is 6.19. The Labute approximate surface area is 103 Å². The minimum absolute atomic E-state index is 0.302. The summed E-state index contributed by atoms with van der Waals surface area (Å²) >= 11 is 0. The van der Waals surface area contributed by atoms with Crippen LogP contribution < -0.4 is 0 Å². The minimum atomic E-state index is -1.04. The SMILES string of the molecule is CCOC(=O)C1(C(=O)OCC)CCC(CC)C1. The van der Waals surface area contributed by atoms with Gasteiger partial charge in [0.1, 0.15) is 0 Å². The van der Waals surface area contributed by atoms with Crippen LogP contribution in [-0.4, -0.2) is 25.2 Å². The molecule has 0 bridgehead atoms. The molecule has 0 heterocycles. The van der Waals surface area contributed by atoms with Crippen LogP contribution >= 0.6 is 0 Å².